The number of hydrogen-bond donors (Lipinski definition) is 1. The van der Waals surface area contributed by atoms with E-state index < -0.39 is 5.60 Å². The lowest BCUT2D eigenvalue weighted by Gasteiger charge is -2.32. The predicted molar refractivity (Wildman–Crippen MR) is 128 cm³/mol. The lowest BCUT2D eigenvalue weighted by Crippen LogP contribution is -2.38. The first-order valence-electron chi connectivity index (χ1n) is 11.3. The van der Waals surface area contributed by atoms with Crippen LogP contribution in [-0.2, 0) is 24.6 Å². The van der Waals surface area contributed by atoms with E-state index in [9.17, 15) is 4.79 Å². The number of amides is 1. The first-order chi connectivity index (χ1) is 16.3. The Hall–Kier alpha value is -3.25. The number of carbonyl (C=O) groups excluding carboxylic acids is 1. The van der Waals surface area contributed by atoms with Gasteiger partial charge in [0, 0.05) is 50.9 Å². The van der Waals surface area contributed by atoms with E-state index in [0.717, 1.165) is 40.0 Å². The van der Waals surface area contributed by atoms with Crippen molar-refractivity contribution in [1.29, 1.82) is 0 Å². The molecule has 8 nitrogen and oxygen atoms in total. The van der Waals surface area contributed by atoms with Crippen molar-refractivity contribution in [3.8, 4) is 17.7 Å². The van der Waals surface area contributed by atoms with Crippen molar-refractivity contribution in [2.75, 3.05) is 38.9 Å². The summed E-state index contributed by atoms with van der Waals surface area (Å²) < 4.78 is 18.9. The molecule has 2 aliphatic heterocycles. The zero-order chi connectivity index (χ0) is 23.9. The monoisotopic (exact) mass is 460 g/mol. The average Bonchev–Trinajstić information content (AvgIpc) is 3.41. The van der Waals surface area contributed by atoms with Crippen LogP contribution in [0.25, 0.3) is 16.7 Å². The summed E-state index contributed by atoms with van der Waals surface area (Å²) in [7, 11) is 1.70. The van der Waals surface area contributed by atoms with E-state index in [-0.39, 0.29) is 11.3 Å². The van der Waals surface area contributed by atoms with Crippen LogP contribution in [0.15, 0.2) is 30.6 Å². The van der Waals surface area contributed by atoms with Crippen molar-refractivity contribution >= 4 is 22.6 Å². The van der Waals surface area contributed by atoms with Gasteiger partial charge in [-0.05, 0) is 31.5 Å². The van der Waals surface area contributed by atoms with Gasteiger partial charge in [0.15, 0.2) is 0 Å². The zero-order valence-corrected chi connectivity index (χ0v) is 19.9. The smallest absolute Gasteiger partial charge is 0.222 e. The molecule has 2 fully saturated rings. The summed E-state index contributed by atoms with van der Waals surface area (Å²) in [6.07, 6.45) is 4.48. The van der Waals surface area contributed by atoms with Gasteiger partial charge < -0.3 is 19.5 Å². The molecule has 0 aliphatic carbocycles. The molecule has 3 aromatic heterocycles. The van der Waals surface area contributed by atoms with Crippen LogP contribution in [0.4, 0.5) is 5.82 Å². The van der Waals surface area contributed by atoms with Gasteiger partial charge in [0.1, 0.15) is 17.2 Å². The highest BCUT2D eigenvalue weighted by atomic mass is 16.5. The molecule has 3 aromatic rings. The van der Waals surface area contributed by atoms with Crippen LogP contribution in [-0.4, -0.2) is 54.0 Å². The van der Waals surface area contributed by atoms with Gasteiger partial charge in [-0.2, -0.15) is 0 Å². The minimum absolute atomic E-state index is 0.139. The van der Waals surface area contributed by atoms with Gasteiger partial charge >= 0.3 is 0 Å². The van der Waals surface area contributed by atoms with E-state index >= 15 is 0 Å². The lowest BCUT2D eigenvalue weighted by atomic mass is 9.89. The molecule has 0 radical (unpaired) electrons. The molecule has 1 amide bonds. The maximum Gasteiger partial charge on any atom is 0.222 e. The Kier molecular flexibility index (Phi) is 5.64. The Balaban J connectivity index is 1.67. The highest BCUT2D eigenvalue weighted by Gasteiger charge is 2.38. The van der Waals surface area contributed by atoms with E-state index in [4.69, 9.17) is 19.2 Å². The maximum absolute atomic E-state index is 11.6. The summed E-state index contributed by atoms with van der Waals surface area (Å²) >= 11 is 0. The second-order valence-electron chi connectivity index (χ2n) is 9.37. The van der Waals surface area contributed by atoms with Crippen LogP contribution in [0, 0.1) is 24.2 Å². The number of carbonyl (C=O) groups is 1. The molecule has 5 heterocycles. The van der Waals surface area contributed by atoms with Crippen LogP contribution in [0.2, 0.25) is 0 Å². The van der Waals surface area contributed by atoms with E-state index in [2.05, 4.69) is 35.1 Å². The second kappa shape index (κ2) is 8.51. The minimum Gasteiger partial charge on any atom is -0.378 e. The first-order valence-corrected chi connectivity index (χ1v) is 11.3. The Morgan fingerprint density at radius 2 is 2.06 bits per heavy atom. The third kappa shape index (κ3) is 4.07. The summed E-state index contributed by atoms with van der Waals surface area (Å²) in [6, 6.07) is 5.93. The SMILES string of the molecule is COC1(c2cc(C)cc(-n3cc(C#CC4(C)COC4)c4cnc(NC(C)=O)cc43)n2)CCOC1. The number of aryl methyl sites for hydroxylation is 1. The standard InChI is InChI=1S/C26H28N4O4/c1-17-9-22(26(32-4)7-8-33-16-26)29-24(10-17)30-13-19(5-6-25(3)14-34-15-25)20-12-27-23(11-21(20)30)28-18(2)31/h9-13H,7-8,14-16H2,1-4H3,(H,27,28,31). The quantitative estimate of drug-likeness (QED) is 0.601. The molecule has 2 saturated heterocycles. The molecule has 1 unspecified atom stereocenters. The Morgan fingerprint density at radius 1 is 1.24 bits per heavy atom. The highest BCUT2D eigenvalue weighted by molar-refractivity contribution is 5.93. The summed E-state index contributed by atoms with van der Waals surface area (Å²) in [5.41, 5.74) is 2.91. The van der Waals surface area contributed by atoms with Crippen LogP contribution < -0.4 is 5.32 Å². The number of anilines is 1. The molecule has 0 saturated carbocycles. The van der Waals surface area contributed by atoms with E-state index in [1.165, 1.54) is 6.92 Å². The van der Waals surface area contributed by atoms with Gasteiger partial charge in [0.2, 0.25) is 5.91 Å². The Morgan fingerprint density at radius 3 is 2.71 bits per heavy atom. The molecular weight excluding hydrogens is 432 g/mol. The van der Waals surface area contributed by atoms with Crippen LogP contribution in [0.5, 0.6) is 0 Å². The molecule has 1 N–H and O–H groups in total. The fourth-order valence-electron chi connectivity index (χ4n) is 4.38. The summed E-state index contributed by atoms with van der Waals surface area (Å²) in [4.78, 5) is 21.1. The molecule has 176 valence electrons. The topological polar surface area (TPSA) is 87.5 Å². The van der Waals surface area contributed by atoms with Crippen molar-refractivity contribution in [3.63, 3.8) is 0 Å². The fraction of sp³-hybridized carbons (Fsp3) is 0.423. The van der Waals surface area contributed by atoms with Crippen molar-refractivity contribution in [1.82, 2.24) is 14.5 Å². The number of nitrogens with one attached hydrogen (secondary N) is 1. The van der Waals surface area contributed by atoms with Crippen LogP contribution in [0.1, 0.15) is 37.1 Å². The van der Waals surface area contributed by atoms with Crippen molar-refractivity contribution in [2.45, 2.75) is 32.8 Å². The molecule has 1 atom stereocenters. The number of fused-ring (bicyclic) bond motifs is 1. The van der Waals surface area contributed by atoms with Crippen LogP contribution >= 0.6 is 0 Å². The zero-order valence-electron chi connectivity index (χ0n) is 19.9. The molecule has 8 heteroatoms. The maximum atomic E-state index is 11.6. The molecule has 5 rings (SSSR count). The molecule has 0 aromatic carbocycles. The first kappa shape index (κ1) is 22.5. The minimum atomic E-state index is -0.561. The molecule has 0 bridgehead atoms. The number of pyridine rings is 2. The number of methoxy groups -OCH3 is 1. The fourth-order valence-corrected chi connectivity index (χ4v) is 4.38. The molecule has 0 spiro atoms. The average molecular weight is 461 g/mol. The number of aromatic nitrogens is 3. The van der Waals surface area contributed by atoms with Gasteiger partial charge in [0.05, 0.1) is 42.0 Å². The molecule has 2 aliphatic rings. The van der Waals surface area contributed by atoms with E-state index in [0.29, 0.717) is 32.2 Å². The number of hydrogen-bond acceptors (Lipinski definition) is 6. The van der Waals surface area contributed by atoms with Crippen molar-refractivity contribution < 1.29 is 19.0 Å². The predicted octanol–water partition coefficient (Wildman–Crippen LogP) is 3.34. The Labute approximate surface area is 198 Å². The number of nitrogens with zero attached hydrogens (tertiary/aromatic N) is 3. The Bertz CT molecular complexity index is 1320. The van der Waals surface area contributed by atoms with E-state index in [1.807, 2.05) is 29.8 Å². The van der Waals surface area contributed by atoms with Gasteiger partial charge in [-0.15, -0.1) is 0 Å². The molecule has 34 heavy (non-hydrogen) atoms. The number of rotatable bonds is 4. The van der Waals surface area contributed by atoms with Gasteiger partial charge in [-0.1, -0.05) is 11.8 Å². The lowest BCUT2D eigenvalue weighted by molar-refractivity contribution is -0.114. The molecular formula is C26H28N4O4. The second-order valence-corrected chi connectivity index (χ2v) is 9.37. The largest absolute Gasteiger partial charge is 0.378 e. The number of ether oxygens (including phenoxy) is 3. The summed E-state index contributed by atoms with van der Waals surface area (Å²) in [6.45, 7) is 7.98. The highest BCUT2D eigenvalue weighted by Crippen LogP contribution is 2.35. The summed E-state index contributed by atoms with van der Waals surface area (Å²) in [5.74, 6) is 7.73. The van der Waals surface area contributed by atoms with Gasteiger partial charge in [-0.3, -0.25) is 9.36 Å². The van der Waals surface area contributed by atoms with Gasteiger partial charge in [-0.25, -0.2) is 9.97 Å². The summed E-state index contributed by atoms with van der Waals surface area (Å²) in [5, 5.41) is 3.66. The van der Waals surface area contributed by atoms with E-state index in [1.54, 1.807) is 13.3 Å². The van der Waals surface area contributed by atoms with Crippen molar-refractivity contribution in [3.05, 3.63) is 47.4 Å². The van der Waals surface area contributed by atoms with Gasteiger partial charge in [0.25, 0.3) is 0 Å². The van der Waals surface area contributed by atoms with Crippen molar-refractivity contribution in [2.24, 2.45) is 5.41 Å². The normalized spacial score (nSPS) is 21.1. The van der Waals surface area contributed by atoms with Crippen LogP contribution in [0.3, 0.4) is 0 Å². The third-order valence-corrected chi connectivity index (χ3v) is 6.38. The third-order valence-electron chi connectivity index (χ3n) is 6.38.